The van der Waals surface area contributed by atoms with Crippen molar-refractivity contribution in [3.63, 3.8) is 0 Å². The van der Waals surface area contributed by atoms with Gasteiger partial charge in [0.1, 0.15) is 18.0 Å². The van der Waals surface area contributed by atoms with Gasteiger partial charge in [0.15, 0.2) is 6.61 Å². The van der Waals surface area contributed by atoms with Crippen molar-refractivity contribution < 1.29 is 27.5 Å². The van der Waals surface area contributed by atoms with Crippen molar-refractivity contribution in [2.45, 2.75) is 18.7 Å². The molecule has 0 aliphatic rings. The van der Waals surface area contributed by atoms with E-state index in [1.54, 1.807) is 84.9 Å². The number of methoxy groups -OCH3 is 1. The number of anilines is 2. The van der Waals surface area contributed by atoms with Crippen molar-refractivity contribution in [2.75, 3.05) is 29.9 Å². The first kappa shape index (κ1) is 30.8. The molecule has 0 fully saturated rings. The molecule has 2 amide bonds. The Morgan fingerprint density at radius 3 is 2.12 bits per heavy atom. The molecule has 0 atom stereocenters. The van der Waals surface area contributed by atoms with Gasteiger partial charge in [-0.15, -0.1) is 0 Å². The number of nitrogens with zero attached hydrogens (tertiary/aromatic N) is 2. The number of sulfonamides is 1. The maximum Gasteiger partial charge on any atom is 0.264 e. The standard InChI is InChI=1S/C32H32N4O6S/c1-23-8-14-26(15-9-23)36(43(39,40)28-18-10-24(2)11-19-28)21-31(37)35-33-20-25-12-16-27(17-13-25)42-22-32(38)34-29-6-4-5-7-30(29)41-3/h4-20H,21-22H2,1-3H3,(H,34,38)(H,35,37)/b33-20-. The number of hydrogen-bond donors (Lipinski definition) is 2. The van der Waals surface area contributed by atoms with Crippen molar-refractivity contribution in [1.82, 2.24) is 5.43 Å². The molecule has 0 aliphatic carbocycles. The van der Waals surface area contributed by atoms with Gasteiger partial charge in [-0.25, -0.2) is 13.8 Å². The lowest BCUT2D eigenvalue weighted by Gasteiger charge is -2.24. The second-order valence-electron chi connectivity index (χ2n) is 9.56. The maximum atomic E-state index is 13.5. The maximum absolute atomic E-state index is 13.5. The van der Waals surface area contributed by atoms with E-state index >= 15 is 0 Å². The molecule has 0 saturated heterocycles. The molecule has 10 nitrogen and oxygen atoms in total. The fourth-order valence-corrected chi connectivity index (χ4v) is 5.36. The molecule has 222 valence electrons. The molecule has 0 bridgehead atoms. The molecule has 0 spiro atoms. The molecule has 0 saturated carbocycles. The van der Waals surface area contributed by atoms with E-state index in [0.29, 0.717) is 28.4 Å². The highest BCUT2D eigenvalue weighted by molar-refractivity contribution is 7.92. The third-order valence-corrected chi connectivity index (χ3v) is 8.04. The second-order valence-corrected chi connectivity index (χ2v) is 11.4. The van der Waals surface area contributed by atoms with Crippen LogP contribution in [0.2, 0.25) is 0 Å². The van der Waals surface area contributed by atoms with Crippen LogP contribution in [0.4, 0.5) is 11.4 Å². The predicted octanol–water partition coefficient (Wildman–Crippen LogP) is 4.68. The van der Waals surface area contributed by atoms with Crippen LogP contribution in [0.3, 0.4) is 0 Å². The van der Waals surface area contributed by atoms with Gasteiger partial charge in [0.2, 0.25) is 0 Å². The normalized spacial score (nSPS) is 11.1. The van der Waals surface area contributed by atoms with Crippen LogP contribution in [0.5, 0.6) is 11.5 Å². The van der Waals surface area contributed by atoms with Crippen LogP contribution in [0.1, 0.15) is 16.7 Å². The molecule has 0 unspecified atom stereocenters. The van der Waals surface area contributed by atoms with Gasteiger partial charge in [-0.2, -0.15) is 5.10 Å². The summed E-state index contributed by atoms with van der Waals surface area (Å²) >= 11 is 0. The number of hydrazone groups is 1. The highest BCUT2D eigenvalue weighted by Gasteiger charge is 2.27. The van der Waals surface area contributed by atoms with Crippen molar-refractivity contribution >= 4 is 39.4 Å². The molecule has 0 heterocycles. The zero-order valence-corrected chi connectivity index (χ0v) is 24.8. The Hall–Kier alpha value is -5.16. The van der Waals surface area contributed by atoms with E-state index < -0.39 is 22.5 Å². The van der Waals surface area contributed by atoms with Crippen LogP contribution in [-0.4, -0.2) is 46.7 Å². The lowest BCUT2D eigenvalue weighted by Crippen LogP contribution is -2.39. The van der Waals surface area contributed by atoms with Gasteiger partial charge in [0.25, 0.3) is 21.8 Å². The van der Waals surface area contributed by atoms with Crippen LogP contribution < -0.4 is 24.5 Å². The Morgan fingerprint density at radius 2 is 1.47 bits per heavy atom. The lowest BCUT2D eigenvalue weighted by atomic mass is 10.2. The second kappa shape index (κ2) is 14.1. The quantitative estimate of drug-likeness (QED) is 0.180. The van der Waals surface area contributed by atoms with E-state index in [1.165, 1.54) is 25.5 Å². The SMILES string of the molecule is COc1ccccc1NC(=O)COc1ccc(/C=N\NC(=O)CN(c2ccc(C)cc2)S(=O)(=O)c2ccc(C)cc2)cc1. The molecule has 0 aromatic heterocycles. The first-order valence-corrected chi connectivity index (χ1v) is 14.7. The smallest absolute Gasteiger partial charge is 0.264 e. The number of hydrogen-bond acceptors (Lipinski definition) is 7. The zero-order valence-electron chi connectivity index (χ0n) is 24.0. The molecule has 2 N–H and O–H groups in total. The lowest BCUT2D eigenvalue weighted by molar-refractivity contribution is -0.119. The Labute approximate surface area is 251 Å². The van der Waals surface area contributed by atoms with E-state index in [4.69, 9.17) is 9.47 Å². The highest BCUT2D eigenvalue weighted by Crippen LogP contribution is 2.25. The van der Waals surface area contributed by atoms with Gasteiger partial charge in [-0.05, 0) is 80.1 Å². The van der Waals surface area contributed by atoms with Crippen molar-refractivity contribution in [1.29, 1.82) is 0 Å². The molecule has 4 rings (SSSR count). The number of benzene rings is 4. The van der Waals surface area contributed by atoms with E-state index in [2.05, 4.69) is 15.8 Å². The van der Waals surface area contributed by atoms with E-state index in [1.807, 2.05) is 13.8 Å². The molecule has 43 heavy (non-hydrogen) atoms. The third kappa shape index (κ3) is 8.43. The van der Waals surface area contributed by atoms with Crippen LogP contribution in [0.25, 0.3) is 0 Å². The Bertz CT molecular complexity index is 1690. The number of aryl methyl sites for hydroxylation is 2. The number of nitrogens with one attached hydrogen (secondary N) is 2. The van der Waals surface area contributed by atoms with Crippen LogP contribution in [0, 0.1) is 13.8 Å². The van der Waals surface area contributed by atoms with E-state index in [9.17, 15) is 18.0 Å². The van der Waals surface area contributed by atoms with Crippen LogP contribution in [-0.2, 0) is 19.6 Å². The van der Waals surface area contributed by atoms with Crippen molar-refractivity contribution in [3.05, 3.63) is 114 Å². The number of carbonyl (C=O) groups excluding carboxylic acids is 2. The minimum atomic E-state index is -4.02. The number of carbonyl (C=O) groups is 2. The Morgan fingerprint density at radius 1 is 0.837 bits per heavy atom. The number of rotatable bonds is 12. The summed E-state index contributed by atoms with van der Waals surface area (Å²) in [5.41, 5.74) is 5.82. The monoisotopic (exact) mass is 600 g/mol. The van der Waals surface area contributed by atoms with Gasteiger partial charge in [-0.3, -0.25) is 13.9 Å². The summed E-state index contributed by atoms with van der Waals surface area (Å²) in [5.74, 6) is 0.0455. The van der Waals surface area contributed by atoms with Gasteiger partial charge in [0, 0.05) is 0 Å². The Balaban J connectivity index is 1.34. The summed E-state index contributed by atoms with van der Waals surface area (Å²) in [6.45, 7) is 3.08. The molecule has 4 aromatic carbocycles. The highest BCUT2D eigenvalue weighted by atomic mass is 32.2. The summed E-state index contributed by atoms with van der Waals surface area (Å²) in [6.07, 6.45) is 1.42. The van der Waals surface area contributed by atoms with Gasteiger partial charge < -0.3 is 14.8 Å². The summed E-state index contributed by atoms with van der Waals surface area (Å²) in [5, 5.41) is 6.71. The number of amides is 2. The predicted molar refractivity (Wildman–Crippen MR) is 166 cm³/mol. The summed E-state index contributed by atoms with van der Waals surface area (Å²) < 4.78 is 38.8. The average Bonchev–Trinajstić information content (AvgIpc) is 3.00. The summed E-state index contributed by atoms with van der Waals surface area (Å²) in [4.78, 5) is 25.1. The molecule has 4 aromatic rings. The summed E-state index contributed by atoms with van der Waals surface area (Å²) in [7, 11) is -2.50. The number of ether oxygens (including phenoxy) is 2. The van der Waals surface area contributed by atoms with E-state index in [0.717, 1.165) is 15.4 Å². The topological polar surface area (TPSA) is 126 Å². The van der Waals surface area contributed by atoms with Crippen LogP contribution in [0.15, 0.2) is 107 Å². The molecule has 11 heteroatoms. The first-order valence-electron chi connectivity index (χ1n) is 13.3. The fourth-order valence-electron chi connectivity index (χ4n) is 3.94. The Kier molecular flexibility index (Phi) is 10.1. The van der Waals surface area contributed by atoms with Gasteiger partial charge in [-0.1, -0.05) is 47.5 Å². The van der Waals surface area contributed by atoms with Gasteiger partial charge >= 0.3 is 0 Å². The van der Waals surface area contributed by atoms with Crippen molar-refractivity contribution in [3.8, 4) is 11.5 Å². The molecular formula is C32H32N4O6S. The van der Waals surface area contributed by atoms with Crippen LogP contribution >= 0.6 is 0 Å². The average molecular weight is 601 g/mol. The fraction of sp³-hybridized carbons (Fsp3) is 0.156. The first-order chi connectivity index (χ1) is 20.7. The minimum absolute atomic E-state index is 0.0783. The molecule has 0 radical (unpaired) electrons. The number of para-hydroxylation sites is 2. The minimum Gasteiger partial charge on any atom is -0.495 e. The summed E-state index contributed by atoms with van der Waals surface area (Å²) in [6, 6.07) is 27.1. The van der Waals surface area contributed by atoms with E-state index in [-0.39, 0.29) is 17.4 Å². The van der Waals surface area contributed by atoms with Gasteiger partial charge in [0.05, 0.1) is 29.6 Å². The zero-order chi connectivity index (χ0) is 30.8. The molecular weight excluding hydrogens is 568 g/mol. The third-order valence-electron chi connectivity index (χ3n) is 6.25. The largest absolute Gasteiger partial charge is 0.495 e. The van der Waals surface area contributed by atoms with Crippen molar-refractivity contribution in [2.24, 2.45) is 5.10 Å². The molecule has 0 aliphatic heterocycles.